The van der Waals surface area contributed by atoms with E-state index in [0.717, 1.165) is 5.76 Å². The highest BCUT2D eigenvalue weighted by Gasteiger charge is 2.22. The first-order chi connectivity index (χ1) is 11.9. The molecule has 132 valence electrons. The molecule has 0 aliphatic rings. The van der Waals surface area contributed by atoms with Gasteiger partial charge in [0, 0.05) is 13.6 Å². The predicted molar refractivity (Wildman–Crippen MR) is 97.1 cm³/mol. The molecule has 7 nitrogen and oxygen atoms in total. The van der Waals surface area contributed by atoms with Crippen LogP contribution >= 0.6 is 11.3 Å². The summed E-state index contributed by atoms with van der Waals surface area (Å²) >= 11 is 1.24. The summed E-state index contributed by atoms with van der Waals surface area (Å²) in [4.78, 5) is 32.2. The molecule has 3 aromatic heterocycles. The number of carbonyl (C=O) groups excluding carboxylic acids is 1. The summed E-state index contributed by atoms with van der Waals surface area (Å²) < 4.78 is 6.87. The Hall–Kier alpha value is -2.45. The van der Waals surface area contributed by atoms with Gasteiger partial charge in [0.2, 0.25) is 0 Å². The van der Waals surface area contributed by atoms with E-state index in [4.69, 9.17) is 4.42 Å². The van der Waals surface area contributed by atoms with Gasteiger partial charge in [-0.1, -0.05) is 0 Å². The molecule has 1 N–H and O–H groups in total. The van der Waals surface area contributed by atoms with Crippen molar-refractivity contribution in [3.05, 3.63) is 51.3 Å². The molecule has 0 aliphatic heterocycles. The number of nitrogens with one attached hydrogen (secondary N) is 1. The topological polar surface area (TPSA) is 80.4 Å². The molecular weight excluding hydrogens is 340 g/mol. The molecule has 3 heterocycles. The van der Waals surface area contributed by atoms with Gasteiger partial charge >= 0.3 is 0 Å². The number of fused-ring (bicyclic) bond motifs is 1. The molecule has 1 amide bonds. The SMILES string of the molecule is Cc1c(C(=O)NCC(c2ccco2)N(C)C)sc2ncn(C)c(=O)c12. The molecule has 0 saturated heterocycles. The number of amides is 1. The van der Waals surface area contributed by atoms with Crippen LogP contribution < -0.4 is 10.9 Å². The highest BCUT2D eigenvalue weighted by molar-refractivity contribution is 7.20. The Morgan fingerprint density at radius 3 is 2.88 bits per heavy atom. The number of thiophene rings is 1. The van der Waals surface area contributed by atoms with Gasteiger partial charge < -0.3 is 14.3 Å². The lowest BCUT2D eigenvalue weighted by Crippen LogP contribution is -2.34. The maximum atomic E-state index is 12.6. The quantitative estimate of drug-likeness (QED) is 0.752. The van der Waals surface area contributed by atoms with Crippen LogP contribution in [0.4, 0.5) is 0 Å². The first kappa shape index (κ1) is 17.4. The van der Waals surface area contributed by atoms with Crippen LogP contribution in [-0.2, 0) is 7.05 Å². The first-order valence-corrected chi connectivity index (χ1v) is 8.64. The van der Waals surface area contributed by atoms with Crippen LogP contribution in [0.2, 0.25) is 0 Å². The molecule has 8 heteroatoms. The van der Waals surface area contributed by atoms with Gasteiger partial charge in [-0.3, -0.25) is 14.5 Å². The Bertz CT molecular complexity index is 956. The summed E-state index contributed by atoms with van der Waals surface area (Å²) in [6.07, 6.45) is 3.09. The van der Waals surface area contributed by atoms with E-state index in [1.807, 2.05) is 31.1 Å². The zero-order valence-corrected chi connectivity index (χ0v) is 15.4. The number of carbonyl (C=O) groups is 1. The monoisotopic (exact) mass is 360 g/mol. The Morgan fingerprint density at radius 2 is 2.24 bits per heavy atom. The van der Waals surface area contributed by atoms with Crippen molar-refractivity contribution in [1.29, 1.82) is 0 Å². The third-order valence-corrected chi connectivity index (χ3v) is 5.37. The van der Waals surface area contributed by atoms with Crippen molar-refractivity contribution in [2.75, 3.05) is 20.6 Å². The summed E-state index contributed by atoms with van der Waals surface area (Å²) in [6, 6.07) is 3.64. The van der Waals surface area contributed by atoms with E-state index in [-0.39, 0.29) is 17.5 Å². The molecule has 1 unspecified atom stereocenters. The molecule has 0 bridgehead atoms. The molecule has 25 heavy (non-hydrogen) atoms. The zero-order valence-electron chi connectivity index (χ0n) is 14.6. The standard InChI is InChI=1S/C17H20N4O3S/c1-10-13-16(19-9-21(4)17(13)23)25-14(10)15(22)18-8-11(20(2)3)12-6-5-7-24-12/h5-7,9,11H,8H2,1-4H3,(H,18,22). The molecular formula is C17H20N4O3S. The number of furan rings is 1. The lowest BCUT2D eigenvalue weighted by Gasteiger charge is -2.22. The average molecular weight is 360 g/mol. The fourth-order valence-electron chi connectivity index (χ4n) is 2.71. The van der Waals surface area contributed by atoms with Crippen LogP contribution in [-0.4, -0.2) is 41.0 Å². The van der Waals surface area contributed by atoms with Gasteiger partial charge in [-0.2, -0.15) is 0 Å². The second-order valence-corrected chi connectivity index (χ2v) is 7.10. The van der Waals surface area contributed by atoms with Gasteiger partial charge in [0.15, 0.2) is 0 Å². The highest BCUT2D eigenvalue weighted by Crippen LogP contribution is 2.27. The van der Waals surface area contributed by atoms with E-state index >= 15 is 0 Å². The van der Waals surface area contributed by atoms with Crippen molar-refractivity contribution in [3.63, 3.8) is 0 Å². The summed E-state index contributed by atoms with van der Waals surface area (Å²) in [5, 5.41) is 3.45. The number of nitrogens with zero attached hydrogens (tertiary/aromatic N) is 3. The fourth-order valence-corrected chi connectivity index (χ4v) is 3.77. The van der Waals surface area contributed by atoms with Crippen LogP contribution in [0, 0.1) is 6.92 Å². The third-order valence-electron chi connectivity index (χ3n) is 4.17. The number of hydrogen-bond acceptors (Lipinski definition) is 6. The summed E-state index contributed by atoms with van der Waals surface area (Å²) in [6.45, 7) is 2.19. The van der Waals surface area contributed by atoms with Crippen LogP contribution in [0.1, 0.15) is 27.0 Å². The minimum Gasteiger partial charge on any atom is -0.468 e. The minimum absolute atomic E-state index is 0.0698. The number of aromatic nitrogens is 2. The van der Waals surface area contributed by atoms with E-state index < -0.39 is 0 Å². The second-order valence-electron chi connectivity index (χ2n) is 6.10. The maximum absolute atomic E-state index is 12.6. The molecule has 0 aromatic carbocycles. The van der Waals surface area contributed by atoms with Crippen LogP contribution in [0.5, 0.6) is 0 Å². The molecule has 0 spiro atoms. The second kappa shape index (κ2) is 6.81. The van der Waals surface area contributed by atoms with Gasteiger partial charge in [0.05, 0.1) is 28.9 Å². The normalized spacial score (nSPS) is 12.7. The lowest BCUT2D eigenvalue weighted by atomic mass is 10.2. The molecule has 3 rings (SSSR count). The molecule has 0 radical (unpaired) electrons. The lowest BCUT2D eigenvalue weighted by molar-refractivity contribution is 0.0942. The Kier molecular flexibility index (Phi) is 4.73. The Morgan fingerprint density at radius 1 is 1.48 bits per heavy atom. The largest absolute Gasteiger partial charge is 0.468 e. The van der Waals surface area contributed by atoms with Gasteiger partial charge in [-0.15, -0.1) is 11.3 Å². The fraction of sp³-hybridized carbons (Fsp3) is 0.353. The van der Waals surface area contributed by atoms with E-state index in [9.17, 15) is 9.59 Å². The van der Waals surface area contributed by atoms with Crippen LogP contribution in [0.3, 0.4) is 0 Å². The van der Waals surface area contributed by atoms with Gasteiger partial charge in [0.1, 0.15) is 10.6 Å². The van der Waals surface area contributed by atoms with Crippen molar-refractivity contribution in [2.45, 2.75) is 13.0 Å². The maximum Gasteiger partial charge on any atom is 0.262 e. The average Bonchev–Trinajstić information content (AvgIpc) is 3.19. The molecule has 0 fully saturated rings. The van der Waals surface area contributed by atoms with Gasteiger partial charge in [-0.25, -0.2) is 4.98 Å². The first-order valence-electron chi connectivity index (χ1n) is 7.83. The molecule has 0 aliphatic carbocycles. The predicted octanol–water partition coefficient (Wildman–Crippen LogP) is 1.93. The summed E-state index contributed by atoms with van der Waals surface area (Å²) in [7, 11) is 5.51. The third kappa shape index (κ3) is 3.22. The Labute approximate surface area is 148 Å². The summed E-state index contributed by atoms with van der Waals surface area (Å²) in [5.74, 6) is 0.579. The molecule has 3 aromatic rings. The van der Waals surface area contributed by atoms with Crippen molar-refractivity contribution in [1.82, 2.24) is 19.8 Å². The van der Waals surface area contributed by atoms with E-state index in [2.05, 4.69) is 10.3 Å². The van der Waals surface area contributed by atoms with E-state index in [1.165, 1.54) is 22.2 Å². The van der Waals surface area contributed by atoms with Crippen LogP contribution in [0.15, 0.2) is 33.9 Å². The van der Waals surface area contributed by atoms with Gasteiger partial charge in [0.25, 0.3) is 11.5 Å². The zero-order chi connectivity index (χ0) is 18.1. The summed E-state index contributed by atoms with van der Waals surface area (Å²) in [5.41, 5.74) is 0.533. The van der Waals surface area contributed by atoms with Crippen molar-refractivity contribution < 1.29 is 9.21 Å². The smallest absolute Gasteiger partial charge is 0.262 e. The number of rotatable bonds is 5. The molecule has 0 saturated carbocycles. The van der Waals surface area contributed by atoms with E-state index in [1.54, 1.807) is 20.2 Å². The number of likely N-dealkylation sites (N-methyl/N-ethyl adjacent to an activating group) is 1. The minimum atomic E-state index is -0.207. The van der Waals surface area contributed by atoms with Crippen molar-refractivity contribution in [2.24, 2.45) is 7.05 Å². The van der Waals surface area contributed by atoms with Crippen molar-refractivity contribution in [3.8, 4) is 0 Å². The number of hydrogen-bond donors (Lipinski definition) is 1. The molecule has 1 atom stereocenters. The Balaban J connectivity index is 1.84. The van der Waals surface area contributed by atoms with Crippen molar-refractivity contribution >= 4 is 27.5 Å². The highest BCUT2D eigenvalue weighted by atomic mass is 32.1. The van der Waals surface area contributed by atoms with Gasteiger partial charge in [-0.05, 0) is 38.7 Å². The van der Waals surface area contributed by atoms with Crippen LogP contribution in [0.25, 0.3) is 10.2 Å². The van der Waals surface area contributed by atoms with E-state index in [0.29, 0.717) is 27.2 Å². The number of aryl methyl sites for hydroxylation is 2.